The Labute approximate surface area is 163 Å². The molecule has 3 aromatic carbocycles. The minimum absolute atomic E-state index is 0.668. The van der Waals surface area contributed by atoms with E-state index in [9.17, 15) is 9.90 Å². The van der Waals surface area contributed by atoms with Crippen LogP contribution in [0.15, 0.2) is 78.9 Å². The minimum atomic E-state index is -1.16. The molecule has 1 unspecified atom stereocenters. The van der Waals surface area contributed by atoms with Gasteiger partial charge in [-0.15, -0.1) is 0 Å². The molecule has 0 fully saturated rings. The summed E-state index contributed by atoms with van der Waals surface area (Å²) < 4.78 is 12.7. The van der Waals surface area contributed by atoms with Gasteiger partial charge in [-0.25, -0.2) is 0 Å². The van der Waals surface area contributed by atoms with E-state index in [1.165, 1.54) is 0 Å². The molecule has 0 bridgehead atoms. The molecule has 1 aliphatic rings. The van der Waals surface area contributed by atoms with E-state index in [4.69, 9.17) is 15.2 Å². The number of benzene rings is 3. The molecule has 3 aromatic rings. The Kier molecular flexibility index (Phi) is 4.63. The van der Waals surface area contributed by atoms with Gasteiger partial charge in [-0.05, 0) is 24.6 Å². The number of rotatable bonds is 5. The Hall–Kier alpha value is -3.15. The van der Waals surface area contributed by atoms with Gasteiger partial charge in [-0.3, -0.25) is 4.79 Å². The van der Waals surface area contributed by atoms with Crippen LogP contribution in [-0.4, -0.2) is 23.2 Å². The molecule has 0 aromatic heterocycles. The molecule has 2 atom stereocenters. The lowest BCUT2D eigenvalue weighted by molar-refractivity contribution is -0.145. The molecule has 3 N–H and O–H groups in total. The predicted octanol–water partition coefficient (Wildman–Crippen LogP) is 3.90. The van der Waals surface area contributed by atoms with Gasteiger partial charge in [0.2, 0.25) is 0 Å². The second kappa shape index (κ2) is 7.11. The molecule has 0 spiro atoms. The van der Waals surface area contributed by atoms with Crippen molar-refractivity contribution >= 4 is 5.97 Å². The van der Waals surface area contributed by atoms with Crippen molar-refractivity contribution in [3.05, 3.63) is 95.6 Å². The Morgan fingerprint density at radius 1 is 0.929 bits per heavy atom. The van der Waals surface area contributed by atoms with Crippen LogP contribution in [0.4, 0.5) is 0 Å². The van der Waals surface area contributed by atoms with Gasteiger partial charge in [-0.1, -0.05) is 66.7 Å². The van der Waals surface area contributed by atoms with Crippen molar-refractivity contribution in [1.29, 1.82) is 0 Å². The van der Waals surface area contributed by atoms with Gasteiger partial charge in [0.1, 0.15) is 17.5 Å². The lowest BCUT2D eigenvalue weighted by Crippen LogP contribution is -2.47. The highest BCUT2D eigenvalue weighted by Gasteiger charge is 2.47. The Balaban J connectivity index is 2.00. The van der Waals surface area contributed by atoms with Crippen molar-refractivity contribution in [2.24, 2.45) is 5.73 Å². The molecule has 0 radical (unpaired) electrons. The summed E-state index contributed by atoms with van der Waals surface area (Å²) in [4.78, 5) is 11.5. The molecule has 5 heteroatoms. The molecule has 0 amide bonds. The summed E-state index contributed by atoms with van der Waals surface area (Å²) in [5.41, 5.74) is 7.35. The number of ether oxygens (including phenoxy) is 2. The zero-order valence-electron chi connectivity index (χ0n) is 15.4. The van der Waals surface area contributed by atoms with Crippen LogP contribution in [-0.2, 0) is 15.1 Å². The van der Waals surface area contributed by atoms with Gasteiger partial charge in [0.25, 0.3) is 0 Å². The first-order valence-corrected chi connectivity index (χ1v) is 9.12. The molecule has 142 valence electrons. The first-order chi connectivity index (χ1) is 13.5. The van der Waals surface area contributed by atoms with E-state index in [1.807, 2.05) is 78.9 Å². The van der Waals surface area contributed by atoms with E-state index < -0.39 is 23.7 Å². The highest BCUT2D eigenvalue weighted by Crippen LogP contribution is 2.52. The average molecular weight is 375 g/mol. The number of hydrogen-bond acceptors (Lipinski definition) is 4. The van der Waals surface area contributed by atoms with E-state index >= 15 is 0 Å². The molecule has 0 saturated heterocycles. The average Bonchev–Trinajstić information content (AvgIpc) is 2.73. The van der Waals surface area contributed by atoms with E-state index in [-0.39, 0.29) is 0 Å². The van der Waals surface area contributed by atoms with Gasteiger partial charge >= 0.3 is 5.97 Å². The van der Waals surface area contributed by atoms with Crippen molar-refractivity contribution in [2.45, 2.75) is 24.7 Å². The van der Waals surface area contributed by atoms with Gasteiger partial charge in [0.05, 0.1) is 6.10 Å². The predicted molar refractivity (Wildman–Crippen MR) is 105 cm³/mol. The number of nitrogens with two attached hydrogens (primary N) is 1. The van der Waals surface area contributed by atoms with Crippen LogP contribution >= 0.6 is 0 Å². The second-order valence-corrected chi connectivity index (χ2v) is 6.83. The Morgan fingerprint density at radius 2 is 1.43 bits per heavy atom. The fraction of sp³-hybridized carbons (Fsp3) is 0.174. The van der Waals surface area contributed by atoms with Crippen LogP contribution in [0, 0.1) is 0 Å². The lowest BCUT2D eigenvalue weighted by atomic mass is 9.77. The van der Waals surface area contributed by atoms with Gasteiger partial charge in [-0.2, -0.15) is 0 Å². The molecule has 0 aliphatic carbocycles. The van der Waals surface area contributed by atoms with Crippen molar-refractivity contribution in [3.63, 3.8) is 0 Å². The maximum absolute atomic E-state index is 11.5. The summed E-state index contributed by atoms with van der Waals surface area (Å²) in [5.74, 6) is 0.228. The molecule has 0 saturated carbocycles. The third-order valence-electron chi connectivity index (χ3n) is 5.09. The maximum Gasteiger partial charge on any atom is 0.323 e. The molecule has 1 heterocycles. The van der Waals surface area contributed by atoms with Gasteiger partial charge in [0.15, 0.2) is 5.60 Å². The largest absolute Gasteiger partial charge is 0.480 e. The van der Waals surface area contributed by atoms with Crippen molar-refractivity contribution in [1.82, 2.24) is 0 Å². The molecule has 5 nitrogen and oxygen atoms in total. The van der Waals surface area contributed by atoms with Crippen molar-refractivity contribution < 1.29 is 19.4 Å². The number of aliphatic carboxylic acids is 1. The van der Waals surface area contributed by atoms with Crippen LogP contribution in [0.3, 0.4) is 0 Å². The van der Waals surface area contributed by atoms with Crippen molar-refractivity contribution in [3.8, 4) is 11.5 Å². The second-order valence-electron chi connectivity index (χ2n) is 6.83. The zero-order valence-corrected chi connectivity index (χ0v) is 15.4. The van der Waals surface area contributed by atoms with Gasteiger partial charge < -0.3 is 20.3 Å². The lowest BCUT2D eigenvalue weighted by Gasteiger charge is -2.42. The first-order valence-electron chi connectivity index (χ1n) is 9.12. The normalized spacial score (nSPS) is 16.2. The van der Waals surface area contributed by atoms with Crippen molar-refractivity contribution in [2.75, 3.05) is 0 Å². The number of fused-ring (bicyclic) bond motifs is 2. The quantitative estimate of drug-likeness (QED) is 0.707. The van der Waals surface area contributed by atoms with E-state index in [0.29, 0.717) is 11.5 Å². The summed E-state index contributed by atoms with van der Waals surface area (Å²) in [6.07, 6.45) is -0.753. The van der Waals surface area contributed by atoms with Crippen LogP contribution in [0.5, 0.6) is 11.5 Å². The summed E-state index contributed by atoms with van der Waals surface area (Å²) >= 11 is 0. The van der Waals surface area contributed by atoms with Crippen LogP contribution < -0.4 is 10.5 Å². The minimum Gasteiger partial charge on any atom is -0.480 e. The number of para-hydroxylation sites is 2. The number of hydrogen-bond donors (Lipinski definition) is 2. The first kappa shape index (κ1) is 18.2. The molecule has 1 aliphatic heterocycles. The number of carboxylic acids is 1. The molecular formula is C23H21NO4. The molecular weight excluding hydrogens is 354 g/mol. The molecule has 4 rings (SSSR count). The smallest absolute Gasteiger partial charge is 0.323 e. The summed E-state index contributed by atoms with van der Waals surface area (Å²) in [6.45, 7) is 1.68. The third kappa shape index (κ3) is 2.85. The summed E-state index contributed by atoms with van der Waals surface area (Å²) in [5, 5.41) is 9.40. The van der Waals surface area contributed by atoms with E-state index in [2.05, 4.69) is 0 Å². The molecule has 28 heavy (non-hydrogen) atoms. The van der Waals surface area contributed by atoms with Gasteiger partial charge in [0, 0.05) is 11.1 Å². The van der Waals surface area contributed by atoms with E-state index in [1.54, 1.807) is 6.92 Å². The maximum atomic E-state index is 11.5. The fourth-order valence-electron chi connectivity index (χ4n) is 3.69. The fourth-order valence-corrected chi connectivity index (χ4v) is 3.69. The SMILES string of the molecule is CC(OC1(c2ccccc2)c2ccccc2Oc2ccccc21)[C@H](N)C(=O)O. The highest BCUT2D eigenvalue weighted by molar-refractivity contribution is 5.74. The van der Waals surface area contributed by atoms with E-state index in [0.717, 1.165) is 16.7 Å². The zero-order chi connectivity index (χ0) is 19.7. The Bertz CT molecular complexity index is 957. The number of carbonyl (C=O) groups is 1. The van der Waals surface area contributed by atoms with Crippen LogP contribution in [0.25, 0.3) is 0 Å². The third-order valence-corrected chi connectivity index (χ3v) is 5.09. The standard InChI is InChI=1S/C23H21NO4/c1-15(21(24)22(25)26)28-23(16-9-3-2-4-10-16)17-11-5-7-13-19(17)27-20-14-8-6-12-18(20)23/h2-15,21H,24H2,1H3,(H,25,26)/t15?,21-/m0/s1. The summed E-state index contributed by atoms with van der Waals surface area (Å²) in [7, 11) is 0. The van der Waals surface area contributed by atoms with Crippen LogP contribution in [0.2, 0.25) is 0 Å². The van der Waals surface area contributed by atoms with Crippen LogP contribution in [0.1, 0.15) is 23.6 Å². The number of carboxylic acid groups (broad SMARTS) is 1. The summed E-state index contributed by atoms with van der Waals surface area (Å²) in [6, 6.07) is 23.9. The Morgan fingerprint density at radius 3 is 1.96 bits per heavy atom. The monoisotopic (exact) mass is 375 g/mol. The topological polar surface area (TPSA) is 81.8 Å². The highest BCUT2D eigenvalue weighted by atomic mass is 16.5.